The molecule has 2 N–H and O–H groups in total. The summed E-state index contributed by atoms with van der Waals surface area (Å²) in [5.74, 6) is 1.96. The molecule has 1 atom stereocenters. The van der Waals surface area contributed by atoms with Crippen molar-refractivity contribution in [2.24, 2.45) is 0 Å². The molecule has 0 spiro atoms. The molecular formula is C7H10N2S2. The molecule has 4 heteroatoms. The Morgan fingerprint density at radius 2 is 2.55 bits per heavy atom. The summed E-state index contributed by atoms with van der Waals surface area (Å²) < 4.78 is 0. The van der Waals surface area contributed by atoms with Crippen LogP contribution in [0.3, 0.4) is 0 Å². The number of aromatic nitrogens is 1. The first-order valence-electron chi connectivity index (χ1n) is 3.69. The van der Waals surface area contributed by atoms with Crippen LogP contribution < -0.4 is 5.73 Å². The normalized spacial score (nSPS) is 24.2. The molecular weight excluding hydrogens is 176 g/mol. The summed E-state index contributed by atoms with van der Waals surface area (Å²) in [5.41, 5.74) is 5.54. The fraction of sp³-hybridized carbons (Fsp3) is 0.571. The van der Waals surface area contributed by atoms with E-state index in [4.69, 9.17) is 5.73 Å². The van der Waals surface area contributed by atoms with E-state index in [-0.39, 0.29) is 0 Å². The van der Waals surface area contributed by atoms with E-state index in [1.165, 1.54) is 23.6 Å². The molecule has 1 aliphatic heterocycles. The van der Waals surface area contributed by atoms with Crippen LogP contribution in [0, 0.1) is 0 Å². The predicted molar refractivity (Wildman–Crippen MR) is 51.0 cm³/mol. The highest BCUT2D eigenvalue weighted by Gasteiger charge is 2.20. The van der Waals surface area contributed by atoms with E-state index in [0.717, 1.165) is 0 Å². The fourth-order valence-electron chi connectivity index (χ4n) is 1.22. The van der Waals surface area contributed by atoms with Gasteiger partial charge in [0.1, 0.15) is 10.8 Å². The van der Waals surface area contributed by atoms with Crippen molar-refractivity contribution in [3.05, 3.63) is 10.4 Å². The van der Waals surface area contributed by atoms with E-state index in [9.17, 15) is 0 Å². The Balaban J connectivity index is 2.15. The van der Waals surface area contributed by atoms with Crippen LogP contribution >= 0.6 is 23.1 Å². The largest absolute Gasteiger partial charge is 0.383 e. The third-order valence-corrected chi connectivity index (χ3v) is 4.26. The van der Waals surface area contributed by atoms with Crippen LogP contribution in [0.15, 0.2) is 5.38 Å². The molecule has 1 unspecified atom stereocenters. The van der Waals surface area contributed by atoms with Gasteiger partial charge in [0.05, 0.1) is 5.25 Å². The molecule has 0 bridgehead atoms. The molecule has 0 aromatic carbocycles. The van der Waals surface area contributed by atoms with Gasteiger partial charge in [0.25, 0.3) is 0 Å². The SMILES string of the molecule is Nc1csc(C2CCCS2)n1. The van der Waals surface area contributed by atoms with Crippen molar-refractivity contribution in [2.45, 2.75) is 18.1 Å². The van der Waals surface area contributed by atoms with Crippen molar-refractivity contribution in [1.29, 1.82) is 0 Å². The molecule has 2 rings (SSSR count). The average molecular weight is 186 g/mol. The van der Waals surface area contributed by atoms with Gasteiger partial charge in [-0.1, -0.05) is 0 Å². The van der Waals surface area contributed by atoms with E-state index in [1.807, 2.05) is 17.1 Å². The maximum atomic E-state index is 5.54. The Hall–Kier alpha value is -0.220. The number of anilines is 1. The second-order valence-electron chi connectivity index (χ2n) is 2.61. The zero-order valence-electron chi connectivity index (χ0n) is 6.12. The van der Waals surface area contributed by atoms with Gasteiger partial charge in [-0.15, -0.1) is 11.3 Å². The van der Waals surface area contributed by atoms with Crippen molar-refractivity contribution >= 4 is 28.9 Å². The van der Waals surface area contributed by atoms with Gasteiger partial charge in [0.15, 0.2) is 0 Å². The minimum Gasteiger partial charge on any atom is -0.383 e. The van der Waals surface area contributed by atoms with Gasteiger partial charge in [-0.05, 0) is 18.6 Å². The summed E-state index contributed by atoms with van der Waals surface area (Å²) in [6.45, 7) is 0. The van der Waals surface area contributed by atoms with Crippen LogP contribution in [0.4, 0.5) is 5.82 Å². The zero-order valence-corrected chi connectivity index (χ0v) is 7.75. The highest BCUT2D eigenvalue weighted by atomic mass is 32.2. The Bertz CT molecular complexity index is 240. The Labute approximate surface area is 74.2 Å². The lowest BCUT2D eigenvalue weighted by molar-refractivity contribution is 0.823. The third-order valence-electron chi connectivity index (χ3n) is 1.74. The van der Waals surface area contributed by atoms with Gasteiger partial charge >= 0.3 is 0 Å². The molecule has 0 aliphatic carbocycles. The Kier molecular flexibility index (Phi) is 2.05. The first-order chi connectivity index (χ1) is 5.36. The van der Waals surface area contributed by atoms with Crippen LogP contribution in [0.2, 0.25) is 0 Å². The third kappa shape index (κ3) is 1.51. The number of nitrogens with zero attached hydrogens (tertiary/aromatic N) is 1. The molecule has 0 radical (unpaired) electrons. The molecule has 1 aliphatic rings. The number of thiazole rings is 1. The highest BCUT2D eigenvalue weighted by Crippen LogP contribution is 2.41. The second kappa shape index (κ2) is 3.03. The van der Waals surface area contributed by atoms with Gasteiger partial charge in [-0.3, -0.25) is 0 Å². The predicted octanol–water partition coefficient (Wildman–Crippen LogP) is 2.29. The average Bonchev–Trinajstić information content (AvgIpc) is 2.55. The molecule has 2 heterocycles. The van der Waals surface area contributed by atoms with Gasteiger partial charge < -0.3 is 5.73 Å². The van der Waals surface area contributed by atoms with Crippen molar-refractivity contribution in [3.8, 4) is 0 Å². The van der Waals surface area contributed by atoms with E-state index in [0.29, 0.717) is 11.1 Å². The number of rotatable bonds is 1. The van der Waals surface area contributed by atoms with Gasteiger partial charge in [-0.2, -0.15) is 11.8 Å². The maximum absolute atomic E-state index is 5.54. The topological polar surface area (TPSA) is 38.9 Å². The summed E-state index contributed by atoms with van der Waals surface area (Å²) in [7, 11) is 0. The minimum absolute atomic E-state index is 0.636. The van der Waals surface area contributed by atoms with Crippen LogP contribution in [-0.4, -0.2) is 10.7 Å². The molecule has 1 saturated heterocycles. The number of hydrogen-bond donors (Lipinski definition) is 1. The van der Waals surface area contributed by atoms with Crippen LogP contribution in [0.5, 0.6) is 0 Å². The molecule has 1 aromatic rings. The fourth-order valence-corrected chi connectivity index (χ4v) is 3.46. The van der Waals surface area contributed by atoms with Crippen molar-refractivity contribution < 1.29 is 0 Å². The van der Waals surface area contributed by atoms with Crippen molar-refractivity contribution in [2.75, 3.05) is 11.5 Å². The number of hydrogen-bond acceptors (Lipinski definition) is 4. The smallest absolute Gasteiger partial charge is 0.134 e. The second-order valence-corrected chi connectivity index (χ2v) is 4.81. The number of nitrogens with two attached hydrogens (primary N) is 1. The molecule has 11 heavy (non-hydrogen) atoms. The molecule has 0 saturated carbocycles. The molecule has 0 amide bonds. The summed E-state index contributed by atoms with van der Waals surface area (Å²) >= 11 is 3.69. The first-order valence-corrected chi connectivity index (χ1v) is 5.61. The first kappa shape index (κ1) is 7.43. The molecule has 1 aromatic heterocycles. The lowest BCUT2D eigenvalue weighted by atomic mass is 10.3. The van der Waals surface area contributed by atoms with Crippen LogP contribution in [0.25, 0.3) is 0 Å². The molecule has 1 fully saturated rings. The number of thioether (sulfide) groups is 1. The Morgan fingerprint density at radius 3 is 3.09 bits per heavy atom. The number of nitrogen functional groups attached to an aromatic ring is 1. The maximum Gasteiger partial charge on any atom is 0.134 e. The van der Waals surface area contributed by atoms with Gasteiger partial charge in [0, 0.05) is 5.38 Å². The monoisotopic (exact) mass is 186 g/mol. The van der Waals surface area contributed by atoms with Crippen LogP contribution in [-0.2, 0) is 0 Å². The lowest BCUT2D eigenvalue weighted by Gasteiger charge is -2.01. The summed E-state index contributed by atoms with van der Waals surface area (Å²) in [6.07, 6.45) is 2.60. The van der Waals surface area contributed by atoms with Gasteiger partial charge in [0.2, 0.25) is 0 Å². The van der Waals surface area contributed by atoms with E-state index in [1.54, 1.807) is 11.3 Å². The highest BCUT2D eigenvalue weighted by molar-refractivity contribution is 7.99. The lowest BCUT2D eigenvalue weighted by Crippen LogP contribution is -1.89. The summed E-state index contributed by atoms with van der Waals surface area (Å²) in [6, 6.07) is 0. The van der Waals surface area contributed by atoms with Crippen molar-refractivity contribution in [1.82, 2.24) is 4.98 Å². The minimum atomic E-state index is 0.636. The quantitative estimate of drug-likeness (QED) is 0.731. The van der Waals surface area contributed by atoms with E-state index in [2.05, 4.69) is 4.98 Å². The summed E-state index contributed by atoms with van der Waals surface area (Å²) in [5, 5.41) is 3.77. The summed E-state index contributed by atoms with van der Waals surface area (Å²) in [4.78, 5) is 4.27. The van der Waals surface area contributed by atoms with Crippen molar-refractivity contribution in [3.63, 3.8) is 0 Å². The Morgan fingerprint density at radius 1 is 1.64 bits per heavy atom. The molecule has 2 nitrogen and oxygen atoms in total. The van der Waals surface area contributed by atoms with E-state index >= 15 is 0 Å². The zero-order chi connectivity index (χ0) is 7.68. The standard InChI is InChI=1S/C7H10N2S2/c8-6-4-11-7(9-6)5-2-1-3-10-5/h4-5H,1-3,8H2. The molecule has 60 valence electrons. The van der Waals surface area contributed by atoms with Crippen LogP contribution in [0.1, 0.15) is 23.1 Å². The van der Waals surface area contributed by atoms with Gasteiger partial charge in [-0.25, -0.2) is 4.98 Å². The van der Waals surface area contributed by atoms with E-state index < -0.39 is 0 Å².